The third-order valence-corrected chi connectivity index (χ3v) is 6.95. The van der Waals surface area contributed by atoms with E-state index < -0.39 is 0 Å². The molecule has 1 aromatic carbocycles. The number of nitrogens with zero attached hydrogens (tertiary/aromatic N) is 2. The number of amides is 1. The third kappa shape index (κ3) is 4.23. The molecule has 1 aromatic heterocycles. The topological polar surface area (TPSA) is 29.5 Å². The molecule has 1 unspecified atom stereocenters. The maximum absolute atomic E-state index is 13.0. The van der Waals surface area contributed by atoms with Gasteiger partial charge < -0.3 is 26.2 Å². The van der Waals surface area contributed by atoms with E-state index in [2.05, 4.69) is 14.1 Å². The lowest BCUT2D eigenvalue weighted by Crippen LogP contribution is -3.00. The van der Waals surface area contributed by atoms with Crippen molar-refractivity contribution in [1.82, 2.24) is 0 Å². The maximum Gasteiger partial charge on any atom is 0.414 e. The van der Waals surface area contributed by atoms with E-state index in [0.29, 0.717) is 18.6 Å². The second-order valence-corrected chi connectivity index (χ2v) is 8.82. The summed E-state index contributed by atoms with van der Waals surface area (Å²) in [5.41, 5.74) is 2.02. The minimum absolute atomic E-state index is 0. The van der Waals surface area contributed by atoms with Gasteiger partial charge in [0, 0.05) is 31.1 Å². The Balaban J connectivity index is 0.00000210. The number of halogens is 1. The molecule has 0 radical (unpaired) electrons. The molecule has 6 heteroatoms. The monoisotopic (exact) mass is 450 g/mol. The van der Waals surface area contributed by atoms with Crippen LogP contribution in [0.5, 0.6) is 0 Å². The van der Waals surface area contributed by atoms with Crippen LogP contribution in [0.3, 0.4) is 0 Å². The number of carbonyl (C=O) groups excluding carboxylic acids is 1. The van der Waals surface area contributed by atoms with Gasteiger partial charge in [0.1, 0.15) is 6.10 Å². The van der Waals surface area contributed by atoms with Crippen LogP contribution in [-0.2, 0) is 11.3 Å². The minimum Gasteiger partial charge on any atom is -1.00 e. The molecule has 3 atom stereocenters. The van der Waals surface area contributed by atoms with Crippen LogP contribution in [0, 0.1) is 0 Å². The summed E-state index contributed by atoms with van der Waals surface area (Å²) in [6.45, 7) is 0.539. The highest BCUT2D eigenvalue weighted by Crippen LogP contribution is 2.40. The first-order valence-electron chi connectivity index (χ1n) is 9.41. The highest BCUT2D eigenvalue weighted by atomic mass is 79.9. The lowest BCUT2D eigenvalue weighted by molar-refractivity contribution is -0.931. The van der Waals surface area contributed by atoms with E-state index >= 15 is 0 Å². The number of fused-ring (bicyclic) bond motifs is 2. The van der Waals surface area contributed by atoms with Gasteiger partial charge in [0.2, 0.25) is 0 Å². The van der Waals surface area contributed by atoms with Crippen molar-refractivity contribution in [1.29, 1.82) is 0 Å². The average molecular weight is 451 g/mol. The van der Waals surface area contributed by atoms with Gasteiger partial charge in [0.15, 0.2) is 0 Å². The van der Waals surface area contributed by atoms with E-state index in [9.17, 15) is 4.79 Å². The summed E-state index contributed by atoms with van der Waals surface area (Å²) in [6.07, 6.45) is 4.30. The van der Waals surface area contributed by atoms with Crippen LogP contribution in [-0.4, -0.2) is 42.9 Å². The third-order valence-electron chi connectivity index (χ3n) is 6.27. The summed E-state index contributed by atoms with van der Waals surface area (Å²) < 4.78 is 7.09. The molecule has 0 spiro atoms. The van der Waals surface area contributed by atoms with Crippen molar-refractivity contribution in [3.05, 3.63) is 52.7 Å². The first-order valence-corrected chi connectivity index (χ1v) is 10.4. The number of rotatable bonds is 4. The quantitative estimate of drug-likeness (QED) is 0.662. The van der Waals surface area contributed by atoms with Crippen LogP contribution in [0.15, 0.2) is 47.2 Å². The van der Waals surface area contributed by atoms with Gasteiger partial charge in [-0.1, -0.05) is 30.3 Å². The molecular weight excluding hydrogens is 424 g/mol. The van der Waals surface area contributed by atoms with E-state index in [1.54, 1.807) is 16.2 Å². The Bertz CT molecular complexity index is 735. The number of hydrogen-bond donors (Lipinski definition) is 0. The normalized spacial score (nSPS) is 25.5. The Morgan fingerprint density at radius 3 is 2.41 bits per heavy atom. The summed E-state index contributed by atoms with van der Waals surface area (Å²) in [6, 6.07) is 13.3. The summed E-state index contributed by atoms with van der Waals surface area (Å²) in [7, 11) is 4.65. The van der Waals surface area contributed by atoms with Crippen LogP contribution in [0.2, 0.25) is 0 Å². The highest BCUT2D eigenvalue weighted by Gasteiger charge is 2.50. The Morgan fingerprint density at radius 1 is 1.15 bits per heavy atom. The number of benzene rings is 1. The molecule has 2 aliphatic heterocycles. The van der Waals surface area contributed by atoms with Crippen molar-refractivity contribution in [2.75, 3.05) is 19.0 Å². The molecule has 0 N–H and O–H groups in total. The number of ether oxygens (including phenoxy) is 1. The Kier molecular flexibility index (Phi) is 6.28. The predicted molar refractivity (Wildman–Crippen MR) is 105 cm³/mol. The highest BCUT2D eigenvalue weighted by molar-refractivity contribution is 7.08. The molecule has 1 amide bonds. The second kappa shape index (κ2) is 8.33. The molecular formula is C21H27BrN2O2S. The van der Waals surface area contributed by atoms with Crippen LogP contribution in [0.25, 0.3) is 0 Å². The van der Waals surface area contributed by atoms with E-state index in [4.69, 9.17) is 4.74 Å². The number of piperidine rings is 1. The van der Waals surface area contributed by atoms with Gasteiger partial charge in [-0.15, -0.1) is 0 Å². The SMILES string of the molecule is C[N+]1(C)[C@@H]2CC[C@H]1CC(OC(=O)N(Cc1ccccc1)c1ccsc1)C2.[Br-]. The van der Waals surface area contributed by atoms with Crippen molar-refractivity contribution in [3.63, 3.8) is 0 Å². The smallest absolute Gasteiger partial charge is 0.414 e. The van der Waals surface area contributed by atoms with Gasteiger partial charge in [0.25, 0.3) is 0 Å². The lowest BCUT2D eigenvalue weighted by Gasteiger charge is -2.44. The van der Waals surface area contributed by atoms with Gasteiger partial charge in [-0.05, 0) is 17.0 Å². The van der Waals surface area contributed by atoms with Crippen molar-refractivity contribution in [2.45, 2.75) is 50.4 Å². The van der Waals surface area contributed by atoms with E-state index in [-0.39, 0.29) is 29.2 Å². The summed E-state index contributed by atoms with van der Waals surface area (Å²) in [5, 5.41) is 4.01. The zero-order valence-electron chi connectivity index (χ0n) is 15.9. The molecule has 2 saturated heterocycles. The zero-order valence-corrected chi connectivity index (χ0v) is 18.3. The van der Waals surface area contributed by atoms with Gasteiger partial charge in [-0.2, -0.15) is 11.3 Å². The zero-order chi connectivity index (χ0) is 18.1. The minimum atomic E-state index is -0.219. The second-order valence-electron chi connectivity index (χ2n) is 8.04. The van der Waals surface area contributed by atoms with E-state index in [1.165, 1.54) is 12.8 Å². The van der Waals surface area contributed by atoms with Gasteiger partial charge in [-0.3, -0.25) is 4.90 Å². The van der Waals surface area contributed by atoms with Crippen LogP contribution in [0.4, 0.5) is 10.5 Å². The molecule has 2 fully saturated rings. The first kappa shape index (κ1) is 20.4. The summed E-state index contributed by atoms with van der Waals surface area (Å²) >= 11 is 1.60. The fraction of sp³-hybridized carbons (Fsp3) is 0.476. The van der Waals surface area contributed by atoms with Gasteiger partial charge in [-0.25, -0.2) is 4.79 Å². The van der Waals surface area contributed by atoms with Crippen LogP contribution in [0.1, 0.15) is 31.2 Å². The molecule has 0 saturated carbocycles. The standard InChI is InChI=1S/C21H27N2O2S.BrH/c1-23(2)18-8-9-19(23)13-20(12-18)25-21(24)22(17-10-11-26-15-17)14-16-6-4-3-5-7-16;/h3-7,10-11,15,18-20H,8-9,12-14H2,1-2H3;1H/q+1;/p-1/t18-,19+,20?;. The fourth-order valence-electron chi connectivity index (χ4n) is 4.57. The van der Waals surface area contributed by atoms with E-state index in [1.807, 2.05) is 47.2 Å². The van der Waals surface area contributed by atoms with Crippen molar-refractivity contribution in [2.24, 2.45) is 0 Å². The van der Waals surface area contributed by atoms with Gasteiger partial charge in [0.05, 0.1) is 38.4 Å². The number of hydrogen-bond acceptors (Lipinski definition) is 3. The average Bonchev–Trinajstić information content (AvgIpc) is 3.17. The lowest BCUT2D eigenvalue weighted by atomic mass is 9.98. The molecule has 3 heterocycles. The van der Waals surface area contributed by atoms with Gasteiger partial charge >= 0.3 is 6.09 Å². The Morgan fingerprint density at radius 2 is 1.81 bits per heavy atom. The molecule has 4 nitrogen and oxygen atoms in total. The largest absolute Gasteiger partial charge is 1.00 e. The van der Waals surface area contributed by atoms with Crippen LogP contribution >= 0.6 is 11.3 Å². The fourth-order valence-corrected chi connectivity index (χ4v) is 5.21. The van der Waals surface area contributed by atoms with Crippen molar-refractivity contribution >= 4 is 23.1 Å². The number of carbonyl (C=O) groups is 1. The predicted octanol–water partition coefficient (Wildman–Crippen LogP) is 1.67. The van der Waals surface area contributed by atoms with Crippen molar-refractivity contribution in [3.8, 4) is 0 Å². The summed E-state index contributed by atoms with van der Waals surface area (Å²) in [4.78, 5) is 14.8. The molecule has 2 aromatic rings. The molecule has 4 rings (SSSR count). The van der Waals surface area contributed by atoms with E-state index in [0.717, 1.165) is 28.6 Å². The first-order chi connectivity index (χ1) is 12.5. The molecule has 146 valence electrons. The Labute approximate surface area is 176 Å². The van der Waals surface area contributed by atoms with Crippen LogP contribution < -0.4 is 21.9 Å². The Hall–Kier alpha value is -1.37. The molecule has 2 bridgehead atoms. The number of anilines is 1. The number of quaternary nitrogens is 1. The molecule has 27 heavy (non-hydrogen) atoms. The maximum atomic E-state index is 13.0. The van der Waals surface area contributed by atoms with Crippen molar-refractivity contribution < 1.29 is 31.0 Å². The number of thiophene rings is 1. The molecule has 2 aliphatic rings. The summed E-state index contributed by atoms with van der Waals surface area (Å²) in [5.74, 6) is 0. The molecule has 0 aliphatic carbocycles.